The maximum atomic E-state index is 12.1. The van der Waals surface area contributed by atoms with E-state index in [0.717, 1.165) is 15.6 Å². The van der Waals surface area contributed by atoms with E-state index >= 15 is 0 Å². The molecule has 0 aliphatic heterocycles. The van der Waals surface area contributed by atoms with Gasteiger partial charge in [0, 0.05) is 15.7 Å². The molecule has 3 aromatic rings. The van der Waals surface area contributed by atoms with E-state index in [1.54, 1.807) is 35.3 Å². The lowest BCUT2D eigenvalue weighted by atomic mass is 10.2. The van der Waals surface area contributed by atoms with Crippen molar-refractivity contribution >= 4 is 39.7 Å². The van der Waals surface area contributed by atoms with Crippen LogP contribution in [0.2, 0.25) is 5.02 Å². The third-order valence-electron chi connectivity index (χ3n) is 3.38. The van der Waals surface area contributed by atoms with E-state index < -0.39 is 0 Å². The first kappa shape index (κ1) is 17.4. The predicted octanol–water partition coefficient (Wildman–Crippen LogP) is 4.11. The average Bonchev–Trinajstić information content (AvgIpc) is 3.07. The molecular weight excluding hydrogens is 404 g/mol. The number of hydrogen-bond acceptors (Lipinski definition) is 3. The average molecular weight is 418 g/mol. The number of amides is 1. The van der Waals surface area contributed by atoms with Gasteiger partial charge in [-0.2, -0.15) is 10.2 Å². The molecule has 0 saturated heterocycles. The highest BCUT2D eigenvalue weighted by Crippen LogP contribution is 2.11. The summed E-state index contributed by atoms with van der Waals surface area (Å²) in [4.78, 5) is 12.1. The number of halogens is 2. The summed E-state index contributed by atoms with van der Waals surface area (Å²) in [5.41, 5.74) is 4.71. The molecule has 2 aromatic carbocycles. The third kappa shape index (κ3) is 5.01. The summed E-state index contributed by atoms with van der Waals surface area (Å²) in [6, 6.07) is 16.7. The minimum Gasteiger partial charge on any atom is -0.268 e. The van der Waals surface area contributed by atoms with E-state index in [4.69, 9.17) is 11.6 Å². The highest BCUT2D eigenvalue weighted by atomic mass is 79.9. The molecule has 126 valence electrons. The molecule has 0 atom stereocenters. The van der Waals surface area contributed by atoms with Gasteiger partial charge in [-0.3, -0.25) is 9.48 Å². The predicted molar refractivity (Wildman–Crippen MR) is 102 cm³/mol. The van der Waals surface area contributed by atoms with Crippen molar-refractivity contribution in [2.24, 2.45) is 5.10 Å². The molecule has 1 aromatic heterocycles. The quantitative estimate of drug-likeness (QED) is 0.502. The topological polar surface area (TPSA) is 59.3 Å². The van der Waals surface area contributed by atoms with Crippen LogP contribution < -0.4 is 5.43 Å². The molecule has 1 heterocycles. The zero-order valence-corrected chi connectivity index (χ0v) is 15.4. The van der Waals surface area contributed by atoms with Gasteiger partial charge < -0.3 is 0 Å². The van der Waals surface area contributed by atoms with Gasteiger partial charge in [0.25, 0.3) is 5.91 Å². The molecule has 5 nitrogen and oxygen atoms in total. The summed E-state index contributed by atoms with van der Waals surface area (Å²) in [7, 11) is 0. The molecule has 0 aliphatic carbocycles. The Labute approximate surface area is 158 Å². The number of nitrogens with zero attached hydrogens (tertiary/aromatic N) is 3. The summed E-state index contributed by atoms with van der Waals surface area (Å²) < 4.78 is 2.73. The van der Waals surface area contributed by atoms with Gasteiger partial charge in [0.05, 0.1) is 12.8 Å². The Bertz CT molecular complexity index is 888. The molecule has 0 spiro atoms. The minimum absolute atomic E-state index is 0.311. The number of hydrogen-bond donors (Lipinski definition) is 1. The van der Waals surface area contributed by atoms with Gasteiger partial charge >= 0.3 is 0 Å². The fraction of sp³-hybridized carbons (Fsp3) is 0.0556. The van der Waals surface area contributed by atoms with Crippen LogP contribution in [0.1, 0.15) is 21.6 Å². The second-order valence-electron chi connectivity index (χ2n) is 5.28. The molecule has 0 saturated carbocycles. The van der Waals surface area contributed by atoms with Gasteiger partial charge in [0.15, 0.2) is 5.69 Å². The van der Waals surface area contributed by atoms with Crippen LogP contribution >= 0.6 is 27.5 Å². The van der Waals surface area contributed by atoms with Gasteiger partial charge in [0.2, 0.25) is 0 Å². The van der Waals surface area contributed by atoms with Crippen molar-refractivity contribution < 1.29 is 4.79 Å². The Hall–Kier alpha value is -2.44. The van der Waals surface area contributed by atoms with Crippen LogP contribution in [0, 0.1) is 0 Å². The van der Waals surface area contributed by atoms with Gasteiger partial charge in [-0.05, 0) is 41.5 Å². The van der Waals surface area contributed by atoms with E-state index in [9.17, 15) is 4.79 Å². The Balaban J connectivity index is 1.58. The van der Waals surface area contributed by atoms with Crippen LogP contribution in [0.4, 0.5) is 0 Å². The SMILES string of the molecule is O=C(NN=Cc1ccc(Cl)cc1)c1ccn(Cc2ccc(Br)cc2)n1. The van der Waals surface area contributed by atoms with E-state index in [0.29, 0.717) is 17.3 Å². The molecule has 0 aliphatic rings. The standard InChI is InChI=1S/C18H14BrClN4O/c19-15-5-1-14(2-6-15)12-24-10-9-17(23-24)18(25)22-21-11-13-3-7-16(20)8-4-13/h1-11H,12H2,(H,22,25). The molecule has 3 rings (SSSR count). The molecule has 0 unspecified atom stereocenters. The highest BCUT2D eigenvalue weighted by Gasteiger charge is 2.08. The van der Waals surface area contributed by atoms with Crippen LogP contribution in [0.3, 0.4) is 0 Å². The first-order chi connectivity index (χ1) is 12.1. The van der Waals surface area contributed by atoms with Crippen molar-refractivity contribution in [3.63, 3.8) is 0 Å². The number of benzene rings is 2. The fourth-order valence-corrected chi connectivity index (χ4v) is 2.51. The largest absolute Gasteiger partial charge is 0.291 e. The summed E-state index contributed by atoms with van der Waals surface area (Å²) in [6.07, 6.45) is 3.31. The van der Waals surface area contributed by atoms with Crippen LogP contribution in [-0.4, -0.2) is 21.9 Å². The molecular formula is C18H14BrClN4O. The maximum Gasteiger partial charge on any atom is 0.291 e. The molecule has 1 N–H and O–H groups in total. The lowest BCUT2D eigenvalue weighted by molar-refractivity contribution is 0.0949. The van der Waals surface area contributed by atoms with Crippen LogP contribution in [0.25, 0.3) is 0 Å². The summed E-state index contributed by atoms with van der Waals surface area (Å²) >= 11 is 9.22. The number of nitrogens with one attached hydrogen (secondary N) is 1. The lowest BCUT2D eigenvalue weighted by Gasteiger charge is -2.02. The number of rotatable bonds is 5. The van der Waals surface area contributed by atoms with Gasteiger partial charge in [0.1, 0.15) is 0 Å². The van der Waals surface area contributed by atoms with Crippen molar-refractivity contribution in [1.82, 2.24) is 15.2 Å². The van der Waals surface area contributed by atoms with Crippen molar-refractivity contribution in [1.29, 1.82) is 0 Å². The number of hydrazone groups is 1. The summed E-state index contributed by atoms with van der Waals surface area (Å²) in [6.45, 7) is 0.592. The zero-order valence-electron chi connectivity index (χ0n) is 13.1. The van der Waals surface area contributed by atoms with Crippen LogP contribution in [0.15, 0.2) is 70.4 Å². The Morgan fingerprint density at radius 1 is 1.16 bits per heavy atom. The molecule has 0 fully saturated rings. The zero-order chi connectivity index (χ0) is 17.6. The van der Waals surface area contributed by atoms with E-state index in [1.807, 2.05) is 36.4 Å². The van der Waals surface area contributed by atoms with E-state index in [1.165, 1.54) is 0 Å². The van der Waals surface area contributed by atoms with Gasteiger partial charge in [-0.15, -0.1) is 0 Å². The first-order valence-corrected chi connectivity index (χ1v) is 8.64. The molecule has 0 radical (unpaired) electrons. The van der Waals surface area contributed by atoms with Gasteiger partial charge in [-0.1, -0.05) is 51.8 Å². The summed E-state index contributed by atoms with van der Waals surface area (Å²) in [5, 5.41) is 8.85. The van der Waals surface area contributed by atoms with E-state index in [-0.39, 0.29) is 5.91 Å². The maximum absolute atomic E-state index is 12.1. The molecule has 7 heteroatoms. The third-order valence-corrected chi connectivity index (χ3v) is 4.16. The van der Waals surface area contributed by atoms with Crippen LogP contribution in [0.5, 0.6) is 0 Å². The lowest BCUT2D eigenvalue weighted by Crippen LogP contribution is -2.18. The highest BCUT2D eigenvalue weighted by molar-refractivity contribution is 9.10. The summed E-state index contributed by atoms with van der Waals surface area (Å²) in [5.74, 6) is -0.361. The number of carbonyl (C=O) groups is 1. The number of aromatic nitrogens is 2. The van der Waals surface area contributed by atoms with Gasteiger partial charge in [-0.25, -0.2) is 5.43 Å². The van der Waals surface area contributed by atoms with E-state index in [2.05, 4.69) is 31.6 Å². The second kappa shape index (κ2) is 8.09. The van der Waals surface area contributed by atoms with Crippen molar-refractivity contribution in [2.45, 2.75) is 6.54 Å². The van der Waals surface area contributed by atoms with Crippen molar-refractivity contribution in [2.75, 3.05) is 0 Å². The van der Waals surface area contributed by atoms with Crippen molar-refractivity contribution in [3.8, 4) is 0 Å². The molecule has 0 bridgehead atoms. The second-order valence-corrected chi connectivity index (χ2v) is 6.63. The molecule has 1 amide bonds. The monoisotopic (exact) mass is 416 g/mol. The smallest absolute Gasteiger partial charge is 0.268 e. The Kier molecular flexibility index (Phi) is 5.63. The normalized spacial score (nSPS) is 11.0. The Morgan fingerprint density at radius 2 is 1.88 bits per heavy atom. The first-order valence-electron chi connectivity index (χ1n) is 7.47. The van der Waals surface area contributed by atoms with Crippen molar-refractivity contribution in [3.05, 3.63) is 87.1 Å². The minimum atomic E-state index is -0.361. The Morgan fingerprint density at radius 3 is 2.60 bits per heavy atom. The van der Waals surface area contributed by atoms with Crippen LogP contribution in [-0.2, 0) is 6.54 Å². The number of carbonyl (C=O) groups excluding carboxylic acids is 1. The fourth-order valence-electron chi connectivity index (χ4n) is 2.12. The molecule has 25 heavy (non-hydrogen) atoms.